The van der Waals surface area contributed by atoms with Crippen LogP contribution in [0.4, 0.5) is 0 Å². The number of rotatable bonds is 2. The molecule has 0 spiro atoms. The van der Waals surface area contributed by atoms with Gasteiger partial charge in [0.1, 0.15) is 10.0 Å². The molecule has 0 saturated heterocycles. The van der Waals surface area contributed by atoms with Gasteiger partial charge in [-0.05, 0) is 36.4 Å². The van der Waals surface area contributed by atoms with E-state index in [4.69, 9.17) is 9.97 Å². The number of hydrogen-bond donors (Lipinski definition) is 0. The lowest BCUT2D eigenvalue weighted by Gasteiger charge is -1.91. The van der Waals surface area contributed by atoms with Gasteiger partial charge in [-0.25, -0.2) is 9.97 Å². The van der Waals surface area contributed by atoms with Crippen molar-refractivity contribution in [3.05, 3.63) is 60.9 Å². The van der Waals surface area contributed by atoms with Crippen LogP contribution in [-0.2, 0) is 0 Å². The zero-order valence-corrected chi connectivity index (χ0v) is 14.0. The van der Waals surface area contributed by atoms with E-state index in [0.29, 0.717) is 0 Å². The SMILES string of the molecule is c1ccc(-c2nc3cc4sc(-c5ccccn5)nc4cc3s2)nc1. The number of aromatic nitrogens is 4. The molecule has 0 unspecified atom stereocenters. The van der Waals surface area contributed by atoms with Gasteiger partial charge in [0, 0.05) is 12.4 Å². The Morgan fingerprint density at radius 3 is 1.54 bits per heavy atom. The van der Waals surface area contributed by atoms with Crippen molar-refractivity contribution >= 4 is 43.1 Å². The van der Waals surface area contributed by atoms with E-state index < -0.39 is 0 Å². The summed E-state index contributed by atoms with van der Waals surface area (Å²) in [6.45, 7) is 0. The van der Waals surface area contributed by atoms with Gasteiger partial charge in [0.2, 0.25) is 0 Å². The standard InChI is InChI=1S/C18H10N4S2/c1-3-7-19-11(5-1)17-21-13-9-16-14(10-15(13)23-17)22-18(24-16)12-6-2-4-8-20-12/h1-10H. The van der Waals surface area contributed by atoms with E-state index in [1.807, 2.05) is 36.4 Å². The second kappa shape index (κ2) is 5.43. The normalized spacial score (nSPS) is 11.3. The number of benzene rings is 1. The fraction of sp³-hybridized carbons (Fsp3) is 0. The third kappa shape index (κ3) is 2.28. The van der Waals surface area contributed by atoms with Gasteiger partial charge < -0.3 is 0 Å². The molecule has 0 aliphatic carbocycles. The van der Waals surface area contributed by atoms with E-state index in [9.17, 15) is 0 Å². The molecule has 0 atom stereocenters. The summed E-state index contributed by atoms with van der Waals surface area (Å²) in [7, 11) is 0. The molecule has 114 valence electrons. The second-order valence-electron chi connectivity index (χ2n) is 5.26. The Bertz CT molecular complexity index is 1010. The predicted molar refractivity (Wildman–Crippen MR) is 99.3 cm³/mol. The van der Waals surface area contributed by atoms with Crippen LogP contribution in [0.5, 0.6) is 0 Å². The summed E-state index contributed by atoms with van der Waals surface area (Å²) in [4.78, 5) is 18.2. The minimum Gasteiger partial charge on any atom is -0.254 e. The maximum absolute atomic E-state index is 4.73. The summed E-state index contributed by atoms with van der Waals surface area (Å²) < 4.78 is 2.25. The summed E-state index contributed by atoms with van der Waals surface area (Å²) in [6.07, 6.45) is 3.58. The number of nitrogens with zero attached hydrogens (tertiary/aromatic N) is 4. The van der Waals surface area contributed by atoms with Gasteiger partial charge in [-0.1, -0.05) is 12.1 Å². The van der Waals surface area contributed by atoms with E-state index in [-0.39, 0.29) is 0 Å². The van der Waals surface area contributed by atoms with E-state index >= 15 is 0 Å². The fourth-order valence-electron chi connectivity index (χ4n) is 2.55. The van der Waals surface area contributed by atoms with Gasteiger partial charge in [-0.2, -0.15) is 0 Å². The Morgan fingerprint density at radius 2 is 1.12 bits per heavy atom. The molecule has 0 radical (unpaired) electrons. The van der Waals surface area contributed by atoms with Crippen LogP contribution in [0.1, 0.15) is 0 Å². The molecule has 0 saturated carbocycles. The van der Waals surface area contributed by atoms with Crippen molar-refractivity contribution in [3.63, 3.8) is 0 Å². The van der Waals surface area contributed by atoms with Gasteiger partial charge in [-0.15, -0.1) is 22.7 Å². The van der Waals surface area contributed by atoms with Gasteiger partial charge in [0.25, 0.3) is 0 Å². The number of thiazole rings is 2. The molecular formula is C18H10N4S2. The largest absolute Gasteiger partial charge is 0.254 e. The van der Waals surface area contributed by atoms with E-state index in [0.717, 1.165) is 41.8 Å². The molecule has 0 amide bonds. The number of fused-ring (bicyclic) bond motifs is 2. The summed E-state index contributed by atoms with van der Waals surface area (Å²) in [5.41, 5.74) is 3.79. The van der Waals surface area contributed by atoms with Crippen LogP contribution < -0.4 is 0 Å². The van der Waals surface area contributed by atoms with Gasteiger partial charge in [0.15, 0.2) is 0 Å². The topological polar surface area (TPSA) is 51.6 Å². The maximum atomic E-state index is 4.73. The molecule has 0 aliphatic rings. The minimum atomic E-state index is 0.907. The Labute approximate surface area is 145 Å². The van der Waals surface area contributed by atoms with E-state index in [1.54, 1.807) is 35.1 Å². The van der Waals surface area contributed by atoms with Crippen LogP contribution in [0, 0.1) is 0 Å². The van der Waals surface area contributed by atoms with Crippen LogP contribution in [0.3, 0.4) is 0 Å². The lowest BCUT2D eigenvalue weighted by atomic mass is 10.3. The van der Waals surface area contributed by atoms with Crippen LogP contribution in [-0.4, -0.2) is 19.9 Å². The third-order valence-electron chi connectivity index (χ3n) is 3.67. The van der Waals surface area contributed by atoms with Crippen molar-refractivity contribution in [2.24, 2.45) is 0 Å². The van der Waals surface area contributed by atoms with Crippen molar-refractivity contribution in [1.29, 1.82) is 0 Å². The Morgan fingerprint density at radius 1 is 0.625 bits per heavy atom. The highest BCUT2D eigenvalue weighted by Gasteiger charge is 2.12. The highest BCUT2D eigenvalue weighted by atomic mass is 32.1. The molecule has 4 aromatic heterocycles. The molecule has 4 nitrogen and oxygen atoms in total. The van der Waals surface area contributed by atoms with Crippen LogP contribution >= 0.6 is 22.7 Å². The van der Waals surface area contributed by atoms with Crippen LogP contribution in [0.25, 0.3) is 41.8 Å². The fourth-order valence-corrected chi connectivity index (χ4v) is 4.46. The molecule has 5 aromatic rings. The highest BCUT2D eigenvalue weighted by molar-refractivity contribution is 7.23. The highest BCUT2D eigenvalue weighted by Crippen LogP contribution is 2.35. The molecule has 0 aliphatic heterocycles. The number of pyridine rings is 2. The molecule has 5 rings (SSSR count). The summed E-state index contributed by atoms with van der Waals surface area (Å²) in [5, 5.41) is 1.88. The lowest BCUT2D eigenvalue weighted by Crippen LogP contribution is -1.79. The molecule has 4 heterocycles. The second-order valence-corrected chi connectivity index (χ2v) is 7.32. The van der Waals surface area contributed by atoms with Crippen molar-refractivity contribution in [2.45, 2.75) is 0 Å². The molecule has 0 fully saturated rings. The van der Waals surface area contributed by atoms with Gasteiger partial charge >= 0.3 is 0 Å². The molecule has 0 N–H and O–H groups in total. The quantitative estimate of drug-likeness (QED) is 0.450. The van der Waals surface area contributed by atoms with Crippen molar-refractivity contribution < 1.29 is 0 Å². The van der Waals surface area contributed by atoms with Crippen molar-refractivity contribution in [3.8, 4) is 21.4 Å². The average molecular weight is 346 g/mol. The van der Waals surface area contributed by atoms with Crippen LogP contribution in [0.2, 0.25) is 0 Å². The summed E-state index contributed by atoms with van der Waals surface area (Å²) >= 11 is 3.29. The summed E-state index contributed by atoms with van der Waals surface area (Å²) in [5.74, 6) is 0. The molecule has 1 aromatic carbocycles. The van der Waals surface area contributed by atoms with Crippen molar-refractivity contribution in [1.82, 2.24) is 19.9 Å². The first-order chi connectivity index (χ1) is 11.9. The minimum absolute atomic E-state index is 0.907. The molecule has 24 heavy (non-hydrogen) atoms. The van der Waals surface area contributed by atoms with Crippen LogP contribution in [0.15, 0.2) is 60.9 Å². The first-order valence-corrected chi connectivity index (χ1v) is 9.04. The Kier molecular flexibility index (Phi) is 3.11. The third-order valence-corrected chi connectivity index (χ3v) is 5.75. The van der Waals surface area contributed by atoms with Gasteiger partial charge in [-0.3, -0.25) is 9.97 Å². The molecular weight excluding hydrogens is 336 g/mol. The van der Waals surface area contributed by atoms with E-state index in [1.165, 1.54) is 0 Å². The Balaban J connectivity index is 1.65. The average Bonchev–Trinajstić information content (AvgIpc) is 3.24. The first-order valence-electron chi connectivity index (χ1n) is 7.41. The lowest BCUT2D eigenvalue weighted by molar-refractivity contribution is 1.31. The molecule has 0 bridgehead atoms. The monoisotopic (exact) mass is 346 g/mol. The zero-order chi connectivity index (χ0) is 15.9. The molecule has 6 heteroatoms. The van der Waals surface area contributed by atoms with E-state index in [2.05, 4.69) is 22.1 Å². The smallest absolute Gasteiger partial charge is 0.143 e. The predicted octanol–water partition coefficient (Wildman–Crippen LogP) is 5.03. The summed E-state index contributed by atoms with van der Waals surface area (Å²) in [6, 6.07) is 16.0. The first kappa shape index (κ1) is 13.7. The van der Waals surface area contributed by atoms with Gasteiger partial charge in [0.05, 0.1) is 31.8 Å². The Hall–Kier alpha value is -2.70. The van der Waals surface area contributed by atoms with Crippen molar-refractivity contribution in [2.75, 3.05) is 0 Å². The number of hydrogen-bond acceptors (Lipinski definition) is 6. The maximum Gasteiger partial charge on any atom is 0.143 e. The zero-order valence-electron chi connectivity index (χ0n) is 12.4.